The molecular formula is C19H23FN2O5. The molecule has 146 valence electrons. The second kappa shape index (κ2) is 9.84. The van der Waals surface area contributed by atoms with Gasteiger partial charge in [-0.15, -0.1) is 0 Å². The fourth-order valence-electron chi connectivity index (χ4n) is 2.56. The Bertz CT molecular complexity index is 803. The Labute approximate surface area is 157 Å². The number of methoxy groups -OCH3 is 1. The molecule has 1 aromatic carbocycles. The maximum absolute atomic E-state index is 13.7. The Morgan fingerprint density at radius 3 is 2.70 bits per heavy atom. The van der Waals surface area contributed by atoms with Crippen molar-refractivity contribution in [1.82, 2.24) is 4.57 Å². The molecule has 0 saturated heterocycles. The number of amides is 1. The molecule has 1 N–H and O–H groups in total. The van der Waals surface area contributed by atoms with E-state index < -0.39 is 17.7 Å². The van der Waals surface area contributed by atoms with E-state index in [9.17, 15) is 14.0 Å². The lowest BCUT2D eigenvalue weighted by Crippen LogP contribution is -2.22. The fraction of sp³-hybridized carbons (Fsp3) is 0.368. The molecule has 0 atom stereocenters. The molecule has 8 heteroatoms. The van der Waals surface area contributed by atoms with E-state index in [0.717, 1.165) is 0 Å². The van der Waals surface area contributed by atoms with Gasteiger partial charge in [-0.1, -0.05) is 12.1 Å². The van der Waals surface area contributed by atoms with E-state index >= 15 is 0 Å². The minimum Gasteiger partial charge on any atom is -0.461 e. The van der Waals surface area contributed by atoms with Gasteiger partial charge in [0.25, 0.3) is 0 Å². The number of aromatic nitrogens is 1. The van der Waals surface area contributed by atoms with Gasteiger partial charge >= 0.3 is 5.97 Å². The van der Waals surface area contributed by atoms with E-state index in [4.69, 9.17) is 14.2 Å². The Morgan fingerprint density at radius 1 is 1.26 bits per heavy atom. The highest BCUT2D eigenvalue weighted by molar-refractivity contribution is 6.05. The Kier molecular flexibility index (Phi) is 7.51. The quantitative estimate of drug-likeness (QED) is 0.536. The molecule has 27 heavy (non-hydrogen) atoms. The van der Waals surface area contributed by atoms with Gasteiger partial charge in [0, 0.05) is 25.9 Å². The first kappa shape index (κ1) is 20.6. The minimum absolute atomic E-state index is 0.168. The lowest BCUT2D eigenvalue weighted by molar-refractivity contribution is -0.121. The third-order valence-electron chi connectivity index (χ3n) is 3.72. The summed E-state index contributed by atoms with van der Waals surface area (Å²) < 4.78 is 30.3. The summed E-state index contributed by atoms with van der Waals surface area (Å²) in [7, 11) is 3.18. The lowest BCUT2D eigenvalue weighted by atomic mass is 10.1. The number of esters is 1. The number of halogens is 1. The molecule has 0 saturated carbocycles. The van der Waals surface area contributed by atoms with Gasteiger partial charge < -0.3 is 24.1 Å². The number of hydrogen-bond donors (Lipinski definition) is 1. The maximum Gasteiger partial charge on any atom is 0.357 e. The summed E-state index contributed by atoms with van der Waals surface area (Å²) in [5.41, 5.74) is 1.45. The van der Waals surface area contributed by atoms with Crippen LogP contribution in [0.2, 0.25) is 0 Å². The van der Waals surface area contributed by atoms with Crippen LogP contribution in [0.1, 0.15) is 17.4 Å². The number of anilines is 1. The van der Waals surface area contributed by atoms with Gasteiger partial charge in [0.1, 0.15) is 12.4 Å². The van der Waals surface area contributed by atoms with Gasteiger partial charge in [-0.2, -0.15) is 0 Å². The molecule has 2 rings (SSSR count). The molecule has 0 unspecified atom stereocenters. The SMILES string of the molecule is CCOC(=O)c1c(NC(=O)COCCOC)c(-c2cccc(F)c2)cn1C. The average molecular weight is 378 g/mol. The van der Waals surface area contributed by atoms with Gasteiger partial charge in [0.15, 0.2) is 5.69 Å². The summed E-state index contributed by atoms with van der Waals surface area (Å²) in [4.78, 5) is 24.6. The van der Waals surface area contributed by atoms with E-state index in [1.165, 1.54) is 19.2 Å². The van der Waals surface area contributed by atoms with Gasteiger partial charge in [0.2, 0.25) is 5.91 Å². The number of nitrogens with zero attached hydrogens (tertiary/aromatic N) is 1. The van der Waals surface area contributed by atoms with E-state index in [2.05, 4.69) is 5.32 Å². The summed E-state index contributed by atoms with van der Waals surface area (Å²) in [6.45, 7) is 2.30. The number of carbonyl (C=O) groups excluding carboxylic acids is 2. The summed E-state index contributed by atoms with van der Waals surface area (Å²) in [5, 5.41) is 2.69. The topological polar surface area (TPSA) is 78.8 Å². The molecule has 7 nitrogen and oxygen atoms in total. The van der Waals surface area contributed by atoms with Crippen molar-refractivity contribution in [2.24, 2.45) is 7.05 Å². The highest BCUT2D eigenvalue weighted by atomic mass is 19.1. The van der Waals surface area contributed by atoms with E-state index in [1.807, 2.05) is 0 Å². The van der Waals surface area contributed by atoms with Crippen molar-refractivity contribution < 1.29 is 28.2 Å². The van der Waals surface area contributed by atoms with Crippen LogP contribution in [0.4, 0.5) is 10.1 Å². The van der Waals surface area contributed by atoms with Crippen LogP contribution < -0.4 is 5.32 Å². The molecule has 0 spiro atoms. The summed E-state index contributed by atoms with van der Waals surface area (Å²) >= 11 is 0. The smallest absolute Gasteiger partial charge is 0.357 e. The number of rotatable bonds is 9. The number of benzene rings is 1. The zero-order valence-corrected chi connectivity index (χ0v) is 15.6. The zero-order chi connectivity index (χ0) is 19.8. The minimum atomic E-state index is -0.585. The van der Waals surface area contributed by atoms with Crippen molar-refractivity contribution in [3.05, 3.63) is 42.0 Å². The molecule has 0 aliphatic rings. The van der Waals surface area contributed by atoms with Crippen LogP contribution >= 0.6 is 0 Å². The van der Waals surface area contributed by atoms with Gasteiger partial charge in [-0.25, -0.2) is 9.18 Å². The van der Waals surface area contributed by atoms with E-state index in [-0.39, 0.29) is 31.2 Å². The standard InChI is InChI=1S/C19H23FN2O5/c1-4-27-19(24)18-17(21-16(23)12-26-9-8-25-3)15(11-22(18)2)13-6-5-7-14(20)10-13/h5-7,10-11H,4,8-9,12H2,1-3H3,(H,21,23). The fourth-order valence-corrected chi connectivity index (χ4v) is 2.56. The summed E-state index contributed by atoms with van der Waals surface area (Å²) in [5.74, 6) is -1.45. The first-order chi connectivity index (χ1) is 13.0. The number of ether oxygens (including phenoxy) is 3. The van der Waals surface area contributed by atoms with E-state index in [1.54, 1.807) is 36.9 Å². The molecule has 1 amide bonds. The molecule has 0 radical (unpaired) electrons. The van der Waals surface area contributed by atoms with Crippen LogP contribution in [-0.4, -0.2) is 50.0 Å². The average Bonchev–Trinajstić information content (AvgIpc) is 2.95. The highest BCUT2D eigenvalue weighted by Gasteiger charge is 2.24. The van der Waals surface area contributed by atoms with Crippen LogP contribution in [0.25, 0.3) is 11.1 Å². The molecule has 0 aliphatic heterocycles. The normalized spacial score (nSPS) is 10.7. The lowest BCUT2D eigenvalue weighted by Gasteiger charge is -2.11. The molecule has 0 bridgehead atoms. The summed E-state index contributed by atoms with van der Waals surface area (Å²) in [6, 6.07) is 5.90. The van der Waals surface area contributed by atoms with Crippen molar-refractivity contribution in [3.8, 4) is 11.1 Å². The van der Waals surface area contributed by atoms with Crippen molar-refractivity contribution in [3.63, 3.8) is 0 Å². The van der Waals surface area contributed by atoms with Crippen LogP contribution in [0.3, 0.4) is 0 Å². The van der Waals surface area contributed by atoms with Crippen LogP contribution in [-0.2, 0) is 26.1 Å². The van der Waals surface area contributed by atoms with Crippen molar-refractivity contribution in [1.29, 1.82) is 0 Å². The third kappa shape index (κ3) is 5.38. The number of hydrogen-bond acceptors (Lipinski definition) is 5. The van der Waals surface area contributed by atoms with Crippen molar-refractivity contribution in [2.45, 2.75) is 6.92 Å². The largest absolute Gasteiger partial charge is 0.461 e. The summed E-state index contributed by atoms with van der Waals surface area (Å²) in [6.07, 6.45) is 1.64. The number of carbonyl (C=O) groups is 2. The molecule has 1 aromatic heterocycles. The Balaban J connectivity index is 2.35. The predicted molar refractivity (Wildman–Crippen MR) is 98.1 cm³/mol. The van der Waals surface area contributed by atoms with Gasteiger partial charge in [-0.05, 0) is 24.6 Å². The molecule has 2 aromatic rings. The molecule has 1 heterocycles. The first-order valence-corrected chi connectivity index (χ1v) is 8.46. The second-order valence-corrected chi connectivity index (χ2v) is 5.70. The number of nitrogens with one attached hydrogen (secondary N) is 1. The van der Waals surface area contributed by atoms with E-state index in [0.29, 0.717) is 17.7 Å². The predicted octanol–water partition coefficient (Wildman–Crippen LogP) is 2.61. The Hall–Kier alpha value is -2.71. The number of aryl methyl sites for hydroxylation is 1. The van der Waals surface area contributed by atoms with Crippen molar-refractivity contribution >= 4 is 17.6 Å². The second-order valence-electron chi connectivity index (χ2n) is 5.70. The maximum atomic E-state index is 13.7. The van der Waals surface area contributed by atoms with Crippen LogP contribution in [0, 0.1) is 5.82 Å². The monoisotopic (exact) mass is 378 g/mol. The van der Waals surface area contributed by atoms with Crippen LogP contribution in [0.15, 0.2) is 30.5 Å². The molecule has 0 fully saturated rings. The first-order valence-electron chi connectivity index (χ1n) is 8.46. The van der Waals surface area contributed by atoms with Gasteiger partial charge in [0.05, 0.1) is 25.5 Å². The van der Waals surface area contributed by atoms with Gasteiger partial charge in [-0.3, -0.25) is 4.79 Å². The highest BCUT2D eigenvalue weighted by Crippen LogP contribution is 2.33. The molecular weight excluding hydrogens is 355 g/mol. The molecule has 0 aliphatic carbocycles. The van der Waals surface area contributed by atoms with Crippen LogP contribution in [0.5, 0.6) is 0 Å². The van der Waals surface area contributed by atoms with Crippen molar-refractivity contribution in [2.75, 3.05) is 38.9 Å². The zero-order valence-electron chi connectivity index (χ0n) is 15.6. The Morgan fingerprint density at radius 2 is 2.04 bits per heavy atom. The third-order valence-corrected chi connectivity index (χ3v) is 3.72.